The van der Waals surface area contributed by atoms with Crippen LogP contribution in [-0.4, -0.2) is 49.1 Å². The van der Waals surface area contributed by atoms with Crippen LogP contribution in [0.4, 0.5) is 10.5 Å². The maximum Gasteiger partial charge on any atom is 0.404 e. The van der Waals surface area contributed by atoms with Crippen LogP contribution < -0.4 is 11.1 Å². The van der Waals surface area contributed by atoms with Crippen LogP contribution in [0.1, 0.15) is 10.5 Å². The van der Waals surface area contributed by atoms with Crippen molar-refractivity contribution in [1.29, 1.82) is 0 Å². The standard InChI is InChI=1S/C11H16N4O3/c1-15(2)10(16)9-7-8(3-4-14-9)13-5-6-18-11(12)17/h3-4,7H,5-6H2,1-2H3,(H2,12,17)(H,13,14). The van der Waals surface area contributed by atoms with E-state index in [1.165, 1.54) is 11.1 Å². The molecule has 0 unspecified atom stereocenters. The van der Waals surface area contributed by atoms with Crippen LogP contribution in [0.2, 0.25) is 0 Å². The highest BCUT2D eigenvalue weighted by Gasteiger charge is 2.09. The summed E-state index contributed by atoms with van der Waals surface area (Å²) >= 11 is 0. The fraction of sp³-hybridized carbons (Fsp3) is 0.364. The summed E-state index contributed by atoms with van der Waals surface area (Å²) in [6.45, 7) is 0.567. The first-order valence-corrected chi connectivity index (χ1v) is 5.34. The van der Waals surface area contributed by atoms with Crippen molar-refractivity contribution in [3.05, 3.63) is 24.0 Å². The first kappa shape index (κ1) is 13.8. The molecule has 0 atom stereocenters. The Morgan fingerprint density at radius 2 is 2.22 bits per heavy atom. The van der Waals surface area contributed by atoms with Gasteiger partial charge >= 0.3 is 6.09 Å². The molecular weight excluding hydrogens is 236 g/mol. The number of aromatic nitrogens is 1. The summed E-state index contributed by atoms with van der Waals surface area (Å²) in [4.78, 5) is 27.4. The molecular formula is C11H16N4O3. The van der Waals surface area contributed by atoms with E-state index in [0.717, 1.165) is 5.69 Å². The van der Waals surface area contributed by atoms with Gasteiger partial charge in [0.25, 0.3) is 5.91 Å². The Kier molecular flexibility index (Phi) is 4.91. The SMILES string of the molecule is CN(C)C(=O)c1cc(NCCOC(N)=O)ccn1. The lowest BCUT2D eigenvalue weighted by molar-refractivity contribution is 0.0822. The summed E-state index contributed by atoms with van der Waals surface area (Å²) in [5.74, 6) is -0.174. The number of nitrogens with one attached hydrogen (secondary N) is 1. The van der Waals surface area contributed by atoms with Gasteiger partial charge < -0.3 is 20.7 Å². The number of ether oxygens (including phenoxy) is 1. The number of primary amides is 1. The number of rotatable bonds is 5. The molecule has 0 saturated carbocycles. The molecule has 0 radical (unpaired) electrons. The molecule has 0 spiro atoms. The minimum atomic E-state index is -0.810. The van der Waals surface area contributed by atoms with E-state index < -0.39 is 6.09 Å². The van der Waals surface area contributed by atoms with Crippen LogP contribution in [-0.2, 0) is 4.74 Å². The summed E-state index contributed by atoms with van der Waals surface area (Å²) in [6, 6.07) is 3.35. The molecule has 0 bridgehead atoms. The fourth-order valence-corrected chi connectivity index (χ4v) is 1.23. The third-order valence-electron chi connectivity index (χ3n) is 2.06. The molecule has 3 N–H and O–H groups in total. The molecule has 1 rings (SSSR count). The third-order valence-corrected chi connectivity index (χ3v) is 2.06. The van der Waals surface area contributed by atoms with Crippen molar-refractivity contribution in [2.45, 2.75) is 0 Å². The molecule has 7 heteroatoms. The fourth-order valence-electron chi connectivity index (χ4n) is 1.23. The number of pyridine rings is 1. The van der Waals surface area contributed by atoms with Crippen LogP contribution in [0.5, 0.6) is 0 Å². The highest BCUT2D eigenvalue weighted by Crippen LogP contribution is 2.08. The molecule has 18 heavy (non-hydrogen) atoms. The quantitative estimate of drug-likeness (QED) is 0.734. The van der Waals surface area contributed by atoms with E-state index in [-0.39, 0.29) is 12.5 Å². The molecule has 1 heterocycles. The molecule has 0 aliphatic carbocycles. The van der Waals surface area contributed by atoms with E-state index in [1.54, 1.807) is 26.2 Å². The summed E-state index contributed by atoms with van der Waals surface area (Å²) in [5.41, 5.74) is 5.89. The lowest BCUT2D eigenvalue weighted by Crippen LogP contribution is -2.23. The second-order valence-electron chi connectivity index (χ2n) is 3.72. The zero-order valence-corrected chi connectivity index (χ0v) is 10.3. The average Bonchev–Trinajstić information content (AvgIpc) is 2.33. The van der Waals surface area contributed by atoms with E-state index in [1.807, 2.05) is 0 Å². The second-order valence-corrected chi connectivity index (χ2v) is 3.72. The number of anilines is 1. The monoisotopic (exact) mass is 252 g/mol. The lowest BCUT2D eigenvalue weighted by Gasteiger charge is -2.11. The number of carbonyl (C=O) groups is 2. The Bertz CT molecular complexity index is 434. The zero-order chi connectivity index (χ0) is 13.5. The van der Waals surface area contributed by atoms with Crippen molar-refractivity contribution in [1.82, 2.24) is 9.88 Å². The van der Waals surface area contributed by atoms with Crippen molar-refractivity contribution in [3.8, 4) is 0 Å². The van der Waals surface area contributed by atoms with Gasteiger partial charge in [-0.2, -0.15) is 0 Å². The van der Waals surface area contributed by atoms with Gasteiger partial charge in [0.05, 0.1) is 0 Å². The molecule has 0 fully saturated rings. The lowest BCUT2D eigenvalue weighted by atomic mass is 10.3. The topological polar surface area (TPSA) is 97.5 Å². The van der Waals surface area contributed by atoms with Crippen molar-refractivity contribution in [2.75, 3.05) is 32.6 Å². The van der Waals surface area contributed by atoms with Gasteiger partial charge in [0.1, 0.15) is 12.3 Å². The normalized spacial score (nSPS) is 9.67. The Morgan fingerprint density at radius 1 is 1.50 bits per heavy atom. The van der Waals surface area contributed by atoms with Gasteiger partial charge in [-0.05, 0) is 12.1 Å². The van der Waals surface area contributed by atoms with Gasteiger partial charge in [-0.1, -0.05) is 0 Å². The Balaban J connectivity index is 2.54. The number of nitrogens with two attached hydrogens (primary N) is 1. The Labute approximate surface area is 105 Å². The summed E-state index contributed by atoms with van der Waals surface area (Å²) in [6.07, 6.45) is 0.726. The maximum absolute atomic E-state index is 11.7. The summed E-state index contributed by atoms with van der Waals surface area (Å²) < 4.78 is 4.57. The molecule has 0 aliphatic heterocycles. The molecule has 98 valence electrons. The van der Waals surface area contributed by atoms with Crippen molar-refractivity contribution < 1.29 is 14.3 Å². The van der Waals surface area contributed by atoms with Crippen LogP contribution in [0.15, 0.2) is 18.3 Å². The summed E-state index contributed by atoms with van der Waals surface area (Å²) in [5, 5.41) is 2.99. The predicted octanol–water partition coefficient (Wildman–Crippen LogP) is 0.291. The van der Waals surface area contributed by atoms with E-state index in [2.05, 4.69) is 15.0 Å². The van der Waals surface area contributed by atoms with Crippen LogP contribution in [0.25, 0.3) is 0 Å². The van der Waals surface area contributed by atoms with E-state index in [4.69, 9.17) is 5.73 Å². The van der Waals surface area contributed by atoms with Gasteiger partial charge in [-0.3, -0.25) is 9.78 Å². The van der Waals surface area contributed by atoms with E-state index >= 15 is 0 Å². The number of carbonyl (C=O) groups excluding carboxylic acids is 2. The molecule has 0 aromatic carbocycles. The van der Waals surface area contributed by atoms with Crippen molar-refractivity contribution in [3.63, 3.8) is 0 Å². The first-order chi connectivity index (χ1) is 8.50. The van der Waals surface area contributed by atoms with Gasteiger partial charge in [-0.25, -0.2) is 4.79 Å². The highest BCUT2D eigenvalue weighted by molar-refractivity contribution is 5.92. The smallest absolute Gasteiger partial charge is 0.404 e. The summed E-state index contributed by atoms with van der Waals surface area (Å²) in [7, 11) is 3.32. The minimum Gasteiger partial charge on any atom is -0.448 e. The highest BCUT2D eigenvalue weighted by atomic mass is 16.5. The Morgan fingerprint density at radius 3 is 2.83 bits per heavy atom. The zero-order valence-electron chi connectivity index (χ0n) is 10.3. The minimum absolute atomic E-state index is 0.161. The number of hydrogen-bond donors (Lipinski definition) is 2. The number of amides is 2. The molecule has 1 aromatic heterocycles. The number of nitrogens with zero attached hydrogens (tertiary/aromatic N) is 2. The molecule has 1 aromatic rings. The second kappa shape index (κ2) is 6.43. The van der Waals surface area contributed by atoms with Gasteiger partial charge in [-0.15, -0.1) is 0 Å². The first-order valence-electron chi connectivity index (χ1n) is 5.34. The third kappa shape index (κ3) is 4.28. The Hall–Kier alpha value is -2.31. The maximum atomic E-state index is 11.7. The van der Waals surface area contributed by atoms with Crippen LogP contribution >= 0.6 is 0 Å². The molecule has 7 nitrogen and oxygen atoms in total. The van der Waals surface area contributed by atoms with Gasteiger partial charge in [0.15, 0.2) is 0 Å². The molecule has 2 amide bonds. The van der Waals surface area contributed by atoms with Crippen molar-refractivity contribution in [2.24, 2.45) is 5.73 Å². The van der Waals surface area contributed by atoms with Crippen LogP contribution in [0, 0.1) is 0 Å². The van der Waals surface area contributed by atoms with Crippen LogP contribution in [0.3, 0.4) is 0 Å². The van der Waals surface area contributed by atoms with Gasteiger partial charge in [0, 0.05) is 32.5 Å². The van der Waals surface area contributed by atoms with E-state index in [0.29, 0.717) is 12.2 Å². The number of hydrogen-bond acceptors (Lipinski definition) is 5. The molecule has 0 aliphatic rings. The van der Waals surface area contributed by atoms with Crippen molar-refractivity contribution >= 4 is 17.7 Å². The molecule has 0 saturated heterocycles. The van der Waals surface area contributed by atoms with Gasteiger partial charge in [0.2, 0.25) is 0 Å². The average molecular weight is 252 g/mol. The largest absolute Gasteiger partial charge is 0.448 e. The predicted molar refractivity (Wildman–Crippen MR) is 66.3 cm³/mol. The van der Waals surface area contributed by atoms with E-state index in [9.17, 15) is 9.59 Å².